The fraction of sp³-hybridized carbons (Fsp3) is 0.455. The highest BCUT2D eigenvalue weighted by Crippen LogP contribution is 2.21. The quantitative estimate of drug-likeness (QED) is 0.831. The highest BCUT2D eigenvalue weighted by Gasteiger charge is 2.14. The molecule has 0 bridgehead atoms. The molecule has 5 heteroatoms. The van der Waals surface area contributed by atoms with Crippen molar-refractivity contribution in [1.29, 1.82) is 0 Å². The summed E-state index contributed by atoms with van der Waals surface area (Å²) in [4.78, 5) is 0. The van der Waals surface area contributed by atoms with Crippen molar-refractivity contribution in [2.45, 2.75) is 20.0 Å². The van der Waals surface area contributed by atoms with Crippen molar-refractivity contribution >= 4 is 11.6 Å². The molecule has 0 aliphatic carbocycles. The average molecular weight is 244 g/mol. The summed E-state index contributed by atoms with van der Waals surface area (Å²) in [6.45, 7) is 3.84. The second kappa shape index (κ2) is 8.15. The van der Waals surface area contributed by atoms with E-state index in [1.54, 1.807) is 0 Å². The van der Waals surface area contributed by atoms with Crippen LogP contribution in [0.2, 0.25) is 0 Å². The second-order valence-electron chi connectivity index (χ2n) is 3.58. The lowest BCUT2D eigenvalue weighted by Crippen LogP contribution is -2.12. The molecule has 90 valence electrons. The van der Waals surface area contributed by atoms with E-state index in [1.807, 2.05) is 38.1 Å². The Balaban J connectivity index is 0.000000673. The molecule has 16 heavy (non-hydrogen) atoms. The Morgan fingerprint density at radius 2 is 1.69 bits per heavy atom. The lowest BCUT2D eigenvalue weighted by Gasteiger charge is -2.16. The van der Waals surface area contributed by atoms with Crippen molar-refractivity contribution in [3.63, 3.8) is 0 Å². The first-order valence-corrected chi connectivity index (χ1v) is 5.50. The molecule has 2 N–H and O–H groups in total. The molecular formula is C11H16O4S. The minimum atomic E-state index is -0.750. The second-order valence-corrected chi connectivity index (χ2v) is 3.72. The molecule has 1 aromatic rings. The molecule has 0 amide bonds. The number of aliphatic hydroxyl groups is 2. The van der Waals surface area contributed by atoms with Crippen LogP contribution in [0, 0.1) is 12.8 Å². The molecule has 0 unspecified atom stereocenters. The van der Waals surface area contributed by atoms with Gasteiger partial charge in [0.15, 0.2) is 0 Å². The Kier molecular flexibility index (Phi) is 7.62. The zero-order chi connectivity index (χ0) is 12.6. The van der Waals surface area contributed by atoms with E-state index in [0.717, 1.165) is 5.56 Å². The van der Waals surface area contributed by atoms with Crippen LogP contribution in [0.3, 0.4) is 0 Å². The van der Waals surface area contributed by atoms with Crippen molar-refractivity contribution < 1.29 is 18.6 Å². The third-order valence-corrected chi connectivity index (χ3v) is 2.25. The molecule has 0 aromatic heterocycles. The number of hydrogen-bond acceptors (Lipinski definition) is 4. The maximum absolute atomic E-state index is 9.72. The zero-order valence-corrected chi connectivity index (χ0v) is 10.1. The summed E-state index contributed by atoms with van der Waals surface area (Å²) >= 11 is -0.750. The number of rotatable bonds is 3. The summed E-state index contributed by atoms with van der Waals surface area (Å²) < 4.78 is 16.6. The Labute approximate surface area is 98.5 Å². The summed E-state index contributed by atoms with van der Waals surface area (Å²) in [5.41, 5.74) is 2.04. The van der Waals surface area contributed by atoms with E-state index < -0.39 is 17.7 Å². The first-order chi connectivity index (χ1) is 7.56. The van der Waals surface area contributed by atoms with Gasteiger partial charge in [-0.25, -0.2) is 0 Å². The average Bonchev–Trinajstić information content (AvgIpc) is 2.29. The first kappa shape index (κ1) is 15.0. The summed E-state index contributed by atoms with van der Waals surface area (Å²) in [5, 5.41) is 18.6. The van der Waals surface area contributed by atoms with Gasteiger partial charge in [-0.2, -0.15) is 8.42 Å². The summed E-state index contributed by atoms with van der Waals surface area (Å²) in [5.74, 6) is -0.109. The number of aliphatic hydroxyl groups excluding tert-OH is 2. The van der Waals surface area contributed by atoms with Crippen LogP contribution in [0.4, 0.5) is 0 Å². The van der Waals surface area contributed by atoms with E-state index in [9.17, 15) is 5.11 Å². The van der Waals surface area contributed by atoms with Gasteiger partial charge in [0.1, 0.15) is 0 Å². The Hall–Kier alpha value is -1.04. The Morgan fingerprint density at radius 1 is 1.25 bits per heavy atom. The maximum atomic E-state index is 9.72. The molecule has 0 aliphatic heterocycles. The van der Waals surface area contributed by atoms with Crippen molar-refractivity contribution in [1.82, 2.24) is 0 Å². The molecule has 0 saturated heterocycles. The van der Waals surface area contributed by atoms with Gasteiger partial charge in [-0.1, -0.05) is 36.8 Å². The smallest absolute Gasteiger partial charge is 0.335 e. The minimum Gasteiger partial charge on any atom is -0.396 e. The van der Waals surface area contributed by atoms with Crippen LogP contribution in [0.15, 0.2) is 24.3 Å². The SMILES string of the molecule is Cc1ccc([C@@H](O)[C@H](C)CO)cc1.O=S=O. The van der Waals surface area contributed by atoms with Gasteiger partial charge in [0, 0.05) is 12.5 Å². The van der Waals surface area contributed by atoms with Crippen LogP contribution in [-0.4, -0.2) is 25.2 Å². The topological polar surface area (TPSA) is 74.6 Å². The fourth-order valence-corrected chi connectivity index (χ4v) is 1.19. The molecule has 0 fully saturated rings. The van der Waals surface area contributed by atoms with Gasteiger partial charge in [0.25, 0.3) is 0 Å². The largest absolute Gasteiger partial charge is 0.396 e. The molecule has 0 radical (unpaired) electrons. The predicted molar refractivity (Wildman–Crippen MR) is 61.3 cm³/mol. The number of aryl methyl sites for hydroxylation is 1. The van der Waals surface area contributed by atoms with E-state index in [1.165, 1.54) is 5.56 Å². The molecule has 1 rings (SSSR count). The molecule has 4 nitrogen and oxygen atoms in total. The molecule has 0 aliphatic rings. The van der Waals surface area contributed by atoms with Crippen LogP contribution in [0.1, 0.15) is 24.2 Å². The third kappa shape index (κ3) is 5.16. The highest BCUT2D eigenvalue weighted by molar-refractivity contribution is 7.51. The molecular weight excluding hydrogens is 228 g/mol. The van der Waals surface area contributed by atoms with Crippen LogP contribution in [-0.2, 0) is 11.6 Å². The highest BCUT2D eigenvalue weighted by atomic mass is 32.1. The van der Waals surface area contributed by atoms with Crippen molar-refractivity contribution in [3.8, 4) is 0 Å². The summed E-state index contributed by atoms with van der Waals surface area (Å²) in [6, 6.07) is 7.71. The Morgan fingerprint density at radius 3 is 2.06 bits per heavy atom. The molecule has 1 aromatic carbocycles. The van der Waals surface area contributed by atoms with E-state index in [0.29, 0.717) is 0 Å². The first-order valence-electron chi connectivity index (χ1n) is 4.84. The molecule has 0 spiro atoms. The molecule has 0 saturated carbocycles. The van der Waals surface area contributed by atoms with Crippen LogP contribution >= 0.6 is 0 Å². The van der Waals surface area contributed by atoms with E-state index >= 15 is 0 Å². The van der Waals surface area contributed by atoms with Gasteiger partial charge in [-0.15, -0.1) is 0 Å². The van der Waals surface area contributed by atoms with Crippen molar-refractivity contribution in [2.75, 3.05) is 6.61 Å². The Bertz CT molecular complexity index is 330. The van der Waals surface area contributed by atoms with Gasteiger partial charge in [0.2, 0.25) is 0 Å². The maximum Gasteiger partial charge on any atom is 0.335 e. The number of hydrogen-bond donors (Lipinski definition) is 2. The summed E-state index contributed by atoms with van der Waals surface area (Å²) in [7, 11) is 0. The van der Waals surface area contributed by atoms with Crippen LogP contribution in [0.5, 0.6) is 0 Å². The van der Waals surface area contributed by atoms with Gasteiger partial charge < -0.3 is 10.2 Å². The van der Waals surface area contributed by atoms with Crippen LogP contribution < -0.4 is 0 Å². The number of benzene rings is 1. The minimum absolute atomic E-state index is 0.00897. The summed E-state index contributed by atoms with van der Waals surface area (Å²) in [6.07, 6.45) is -0.564. The van der Waals surface area contributed by atoms with Gasteiger partial charge in [0.05, 0.1) is 6.10 Å². The van der Waals surface area contributed by atoms with Gasteiger partial charge in [-0.05, 0) is 12.5 Å². The monoisotopic (exact) mass is 244 g/mol. The standard InChI is InChI=1S/C11H16O2.O2S/c1-8-3-5-10(6-4-8)11(13)9(2)7-12;1-3-2/h3-6,9,11-13H,7H2,1-2H3;/t9-,11+;/m1./s1. The predicted octanol–water partition coefficient (Wildman–Crippen LogP) is 0.987. The van der Waals surface area contributed by atoms with Gasteiger partial charge >= 0.3 is 11.6 Å². The molecule has 2 atom stereocenters. The fourth-order valence-electron chi connectivity index (χ4n) is 1.19. The lowest BCUT2D eigenvalue weighted by molar-refractivity contribution is 0.0770. The van der Waals surface area contributed by atoms with E-state index in [4.69, 9.17) is 13.5 Å². The lowest BCUT2D eigenvalue weighted by atomic mass is 9.97. The normalized spacial score (nSPS) is 13.2. The molecule has 0 heterocycles. The third-order valence-electron chi connectivity index (χ3n) is 2.25. The van der Waals surface area contributed by atoms with Crippen molar-refractivity contribution in [3.05, 3.63) is 35.4 Å². The zero-order valence-electron chi connectivity index (χ0n) is 9.29. The van der Waals surface area contributed by atoms with E-state index in [-0.39, 0.29) is 12.5 Å². The van der Waals surface area contributed by atoms with Crippen molar-refractivity contribution in [2.24, 2.45) is 5.92 Å². The van der Waals surface area contributed by atoms with E-state index in [2.05, 4.69) is 0 Å². The van der Waals surface area contributed by atoms with Gasteiger partial charge in [-0.3, -0.25) is 0 Å². The van der Waals surface area contributed by atoms with Crippen LogP contribution in [0.25, 0.3) is 0 Å².